The number of imidazole rings is 1. The average Bonchev–Trinajstić information content (AvgIpc) is 3.22. The third kappa shape index (κ3) is 5.67. The molecule has 0 unspecified atom stereocenters. The molecule has 4 rings (SSSR count). The number of hydrogen-bond acceptors (Lipinski definition) is 8. The first kappa shape index (κ1) is 23.6. The molecule has 1 aliphatic heterocycles. The summed E-state index contributed by atoms with van der Waals surface area (Å²) in [5.41, 5.74) is 2.75. The van der Waals surface area contributed by atoms with Crippen LogP contribution in [0.3, 0.4) is 0 Å². The number of rotatable bonds is 11. The van der Waals surface area contributed by atoms with Gasteiger partial charge in [0.1, 0.15) is 11.6 Å². The van der Waals surface area contributed by atoms with Crippen molar-refractivity contribution in [1.82, 2.24) is 24.4 Å². The summed E-state index contributed by atoms with van der Waals surface area (Å²) < 4.78 is 18.5. The van der Waals surface area contributed by atoms with Gasteiger partial charge in [-0.3, -0.25) is 4.90 Å². The van der Waals surface area contributed by atoms with Crippen molar-refractivity contribution in [3.8, 4) is 11.4 Å². The summed E-state index contributed by atoms with van der Waals surface area (Å²) in [5, 5.41) is 0. The molecule has 0 bridgehead atoms. The highest BCUT2D eigenvalue weighted by molar-refractivity contribution is 5.87. The molecular weight excluding hydrogens is 420 g/mol. The van der Waals surface area contributed by atoms with Crippen LogP contribution in [0.5, 0.6) is 0 Å². The molecule has 0 aliphatic carbocycles. The summed E-state index contributed by atoms with van der Waals surface area (Å²) in [7, 11) is 3.42. The van der Waals surface area contributed by atoms with E-state index in [2.05, 4.69) is 26.5 Å². The monoisotopic (exact) mass is 454 g/mol. The van der Waals surface area contributed by atoms with Crippen molar-refractivity contribution in [1.29, 1.82) is 0 Å². The van der Waals surface area contributed by atoms with Crippen molar-refractivity contribution in [2.45, 2.75) is 13.5 Å². The fourth-order valence-electron chi connectivity index (χ4n) is 4.12. The summed E-state index contributed by atoms with van der Waals surface area (Å²) in [6.07, 6.45) is 0. The number of aromatic nitrogens is 4. The van der Waals surface area contributed by atoms with Crippen LogP contribution in [0.2, 0.25) is 0 Å². The molecule has 1 saturated heterocycles. The van der Waals surface area contributed by atoms with Gasteiger partial charge in [-0.15, -0.1) is 0 Å². The van der Waals surface area contributed by atoms with Gasteiger partial charge in [0.05, 0.1) is 26.4 Å². The topological polar surface area (TPSA) is 77.8 Å². The SMILES string of the molecule is COCCN(CCOC)c1nc(C)nc2c1nc(-c1ccccc1)n2CCN1CCOCC1. The van der Waals surface area contributed by atoms with E-state index in [4.69, 9.17) is 29.2 Å². The van der Waals surface area contributed by atoms with Gasteiger partial charge in [0.25, 0.3) is 0 Å². The number of benzene rings is 1. The van der Waals surface area contributed by atoms with Crippen LogP contribution in [0.1, 0.15) is 5.82 Å². The number of hydrogen-bond donors (Lipinski definition) is 0. The minimum Gasteiger partial charge on any atom is -0.383 e. The van der Waals surface area contributed by atoms with Gasteiger partial charge in [0, 0.05) is 59.1 Å². The molecule has 0 radical (unpaired) electrons. The van der Waals surface area contributed by atoms with Crippen LogP contribution in [0.15, 0.2) is 30.3 Å². The van der Waals surface area contributed by atoms with E-state index in [1.165, 1.54) is 0 Å². The van der Waals surface area contributed by atoms with E-state index in [9.17, 15) is 0 Å². The zero-order chi connectivity index (χ0) is 23.0. The Balaban J connectivity index is 1.78. The maximum Gasteiger partial charge on any atom is 0.166 e. The van der Waals surface area contributed by atoms with Crippen LogP contribution < -0.4 is 4.90 Å². The second kappa shape index (κ2) is 11.5. The number of aryl methyl sites for hydroxylation is 1. The zero-order valence-electron chi connectivity index (χ0n) is 19.9. The van der Waals surface area contributed by atoms with E-state index in [-0.39, 0.29) is 0 Å². The average molecular weight is 455 g/mol. The fourth-order valence-corrected chi connectivity index (χ4v) is 4.12. The van der Waals surface area contributed by atoms with Crippen molar-refractivity contribution >= 4 is 17.0 Å². The third-order valence-corrected chi connectivity index (χ3v) is 5.89. The molecule has 9 heteroatoms. The highest BCUT2D eigenvalue weighted by Crippen LogP contribution is 2.29. The number of anilines is 1. The Morgan fingerprint density at radius 1 is 0.939 bits per heavy atom. The number of ether oxygens (including phenoxy) is 3. The molecular formula is C24H34N6O3. The summed E-state index contributed by atoms with van der Waals surface area (Å²) in [6.45, 7) is 9.73. The Morgan fingerprint density at radius 2 is 1.64 bits per heavy atom. The molecule has 2 aromatic heterocycles. The standard InChI is InChI=1S/C24H34N6O3/c1-19-25-23(29(13-15-31-2)14-16-32-3)21-24(26-19)30(10-9-28-11-17-33-18-12-28)22(27-21)20-7-5-4-6-8-20/h4-8H,9-18H2,1-3H3. The van der Waals surface area contributed by atoms with Gasteiger partial charge in [-0.25, -0.2) is 15.0 Å². The first-order valence-electron chi connectivity index (χ1n) is 11.5. The second-order valence-corrected chi connectivity index (χ2v) is 8.15. The van der Waals surface area contributed by atoms with Crippen molar-refractivity contribution in [2.75, 3.05) is 78.3 Å². The van der Waals surface area contributed by atoms with Gasteiger partial charge in [0.2, 0.25) is 0 Å². The first-order chi connectivity index (χ1) is 16.2. The van der Waals surface area contributed by atoms with E-state index in [0.29, 0.717) is 26.3 Å². The van der Waals surface area contributed by atoms with Gasteiger partial charge in [-0.1, -0.05) is 30.3 Å². The largest absolute Gasteiger partial charge is 0.383 e. The lowest BCUT2D eigenvalue weighted by molar-refractivity contribution is 0.0365. The van der Waals surface area contributed by atoms with Crippen LogP contribution in [0.4, 0.5) is 5.82 Å². The zero-order valence-corrected chi connectivity index (χ0v) is 19.9. The molecule has 0 atom stereocenters. The summed E-state index contributed by atoms with van der Waals surface area (Å²) in [5.74, 6) is 2.47. The predicted molar refractivity (Wildman–Crippen MR) is 129 cm³/mol. The second-order valence-electron chi connectivity index (χ2n) is 8.15. The predicted octanol–water partition coefficient (Wildman–Crippen LogP) is 2.23. The van der Waals surface area contributed by atoms with Gasteiger partial charge in [0.15, 0.2) is 17.0 Å². The first-order valence-corrected chi connectivity index (χ1v) is 11.5. The molecule has 0 N–H and O–H groups in total. The minimum absolute atomic E-state index is 0.595. The Hall–Kier alpha value is -2.59. The number of fused-ring (bicyclic) bond motifs is 1. The maximum atomic E-state index is 5.51. The van der Waals surface area contributed by atoms with E-state index in [0.717, 1.165) is 73.6 Å². The minimum atomic E-state index is 0.595. The number of methoxy groups -OCH3 is 2. The van der Waals surface area contributed by atoms with Crippen LogP contribution >= 0.6 is 0 Å². The molecule has 1 fully saturated rings. The molecule has 33 heavy (non-hydrogen) atoms. The Kier molecular flexibility index (Phi) is 8.22. The lowest BCUT2D eigenvalue weighted by atomic mass is 10.2. The molecule has 0 amide bonds. The van der Waals surface area contributed by atoms with E-state index in [1.54, 1.807) is 14.2 Å². The fraction of sp³-hybridized carbons (Fsp3) is 0.542. The summed E-state index contributed by atoms with van der Waals surface area (Å²) >= 11 is 0. The quantitative estimate of drug-likeness (QED) is 0.437. The lowest BCUT2D eigenvalue weighted by Gasteiger charge is -2.27. The smallest absolute Gasteiger partial charge is 0.166 e. The summed E-state index contributed by atoms with van der Waals surface area (Å²) in [6, 6.07) is 10.3. The molecule has 0 saturated carbocycles. The van der Waals surface area contributed by atoms with E-state index < -0.39 is 0 Å². The normalized spacial score (nSPS) is 14.8. The lowest BCUT2D eigenvalue weighted by Crippen LogP contribution is -2.38. The molecule has 0 spiro atoms. The maximum absolute atomic E-state index is 5.51. The van der Waals surface area contributed by atoms with E-state index >= 15 is 0 Å². The summed E-state index contributed by atoms with van der Waals surface area (Å²) in [4.78, 5) is 19.4. The van der Waals surface area contributed by atoms with Crippen molar-refractivity contribution in [2.24, 2.45) is 0 Å². The van der Waals surface area contributed by atoms with Gasteiger partial charge < -0.3 is 23.7 Å². The van der Waals surface area contributed by atoms with Crippen molar-refractivity contribution in [3.63, 3.8) is 0 Å². The molecule has 1 aliphatic rings. The molecule has 9 nitrogen and oxygen atoms in total. The molecule has 178 valence electrons. The van der Waals surface area contributed by atoms with Crippen LogP contribution in [-0.2, 0) is 20.8 Å². The molecule has 3 aromatic rings. The van der Waals surface area contributed by atoms with E-state index in [1.807, 2.05) is 25.1 Å². The van der Waals surface area contributed by atoms with Gasteiger partial charge >= 0.3 is 0 Å². The number of morpholine rings is 1. The van der Waals surface area contributed by atoms with Crippen LogP contribution in [0.25, 0.3) is 22.6 Å². The van der Waals surface area contributed by atoms with Gasteiger partial charge in [-0.05, 0) is 6.92 Å². The molecule has 1 aromatic carbocycles. The molecule has 3 heterocycles. The third-order valence-electron chi connectivity index (χ3n) is 5.89. The Bertz CT molecular complexity index is 1010. The van der Waals surface area contributed by atoms with Crippen molar-refractivity contribution in [3.05, 3.63) is 36.2 Å². The highest BCUT2D eigenvalue weighted by Gasteiger charge is 2.22. The Morgan fingerprint density at radius 3 is 2.30 bits per heavy atom. The van der Waals surface area contributed by atoms with Crippen LogP contribution in [0, 0.1) is 6.92 Å². The van der Waals surface area contributed by atoms with Crippen LogP contribution in [-0.4, -0.2) is 97.8 Å². The Labute approximate surface area is 195 Å². The number of nitrogens with zero attached hydrogens (tertiary/aromatic N) is 6. The highest BCUT2D eigenvalue weighted by atomic mass is 16.5. The van der Waals surface area contributed by atoms with Gasteiger partial charge in [-0.2, -0.15) is 0 Å². The van der Waals surface area contributed by atoms with Crippen molar-refractivity contribution < 1.29 is 14.2 Å².